The Labute approximate surface area is 102 Å². The van der Waals surface area contributed by atoms with E-state index >= 15 is 0 Å². The van der Waals surface area contributed by atoms with E-state index in [-0.39, 0.29) is 5.41 Å². The van der Waals surface area contributed by atoms with Crippen LogP contribution < -0.4 is 5.32 Å². The second-order valence-corrected chi connectivity index (χ2v) is 4.94. The Bertz CT molecular complexity index is 432. The van der Waals surface area contributed by atoms with Crippen molar-refractivity contribution in [2.45, 2.75) is 25.8 Å². The van der Waals surface area contributed by atoms with Gasteiger partial charge in [0.05, 0.1) is 0 Å². The third-order valence-electron chi connectivity index (χ3n) is 3.00. The summed E-state index contributed by atoms with van der Waals surface area (Å²) < 4.78 is 0. The van der Waals surface area contributed by atoms with Crippen LogP contribution in [0.2, 0.25) is 0 Å². The molecule has 0 amide bonds. The fourth-order valence-electron chi connectivity index (χ4n) is 1.88. The van der Waals surface area contributed by atoms with Gasteiger partial charge in [-0.2, -0.15) is 5.10 Å². The zero-order valence-electron chi connectivity index (χ0n) is 10.4. The second-order valence-electron chi connectivity index (χ2n) is 4.94. The molecule has 1 heterocycles. The van der Waals surface area contributed by atoms with Gasteiger partial charge in [-0.3, -0.25) is 5.10 Å². The smallest absolute Gasteiger partial charge is 0.0490 e. The minimum Gasteiger partial charge on any atom is -0.310 e. The van der Waals surface area contributed by atoms with E-state index in [0.717, 1.165) is 18.8 Å². The van der Waals surface area contributed by atoms with E-state index in [2.05, 4.69) is 59.7 Å². The number of nitrogens with one attached hydrogen (secondary N) is 2. The SMILES string of the molecule is CC(C)(CNCc1ccn[nH]1)c1ccccc1. The minimum absolute atomic E-state index is 0.140. The van der Waals surface area contributed by atoms with Gasteiger partial charge >= 0.3 is 0 Å². The van der Waals surface area contributed by atoms with Crippen molar-refractivity contribution in [3.05, 3.63) is 53.9 Å². The topological polar surface area (TPSA) is 40.7 Å². The number of benzene rings is 1. The Hall–Kier alpha value is -1.61. The van der Waals surface area contributed by atoms with Crippen molar-refractivity contribution in [3.63, 3.8) is 0 Å². The van der Waals surface area contributed by atoms with Crippen molar-refractivity contribution < 1.29 is 0 Å². The maximum Gasteiger partial charge on any atom is 0.0490 e. The molecule has 2 rings (SSSR count). The van der Waals surface area contributed by atoms with Gasteiger partial charge in [0.15, 0.2) is 0 Å². The lowest BCUT2D eigenvalue weighted by atomic mass is 9.84. The molecule has 0 unspecified atom stereocenters. The van der Waals surface area contributed by atoms with Gasteiger partial charge in [0.1, 0.15) is 0 Å². The fourth-order valence-corrected chi connectivity index (χ4v) is 1.88. The summed E-state index contributed by atoms with van der Waals surface area (Å²) in [6.45, 7) is 6.27. The lowest BCUT2D eigenvalue weighted by Gasteiger charge is -2.25. The largest absolute Gasteiger partial charge is 0.310 e. The van der Waals surface area contributed by atoms with E-state index in [9.17, 15) is 0 Å². The fraction of sp³-hybridized carbons (Fsp3) is 0.357. The summed E-state index contributed by atoms with van der Waals surface area (Å²) in [7, 11) is 0. The maximum atomic E-state index is 3.93. The molecule has 0 radical (unpaired) electrons. The highest BCUT2D eigenvalue weighted by atomic mass is 15.1. The predicted octanol–water partition coefficient (Wildman–Crippen LogP) is 2.48. The van der Waals surface area contributed by atoms with Gasteiger partial charge in [-0.15, -0.1) is 0 Å². The van der Waals surface area contributed by atoms with Crippen LogP contribution in [-0.4, -0.2) is 16.7 Å². The van der Waals surface area contributed by atoms with Crippen LogP contribution in [0.5, 0.6) is 0 Å². The number of hydrogen-bond acceptors (Lipinski definition) is 2. The highest BCUT2D eigenvalue weighted by Crippen LogP contribution is 2.21. The summed E-state index contributed by atoms with van der Waals surface area (Å²) in [5, 5.41) is 10.3. The van der Waals surface area contributed by atoms with Crippen LogP contribution in [0.25, 0.3) is 0 Å². The molecule has 2 N–H and O–H groups in total. The number of H-pyrrole nitrogens is 1. The Kier molecular flexibility index (Phi) is 3.59. The summed E-state index contributed by atoms with van der Waals surface area (Å²) in [6.07, 6.45) is 1.78. The van der Waals surface area contributed by atoms with Gasteiger partial charge in [-0.1, -0.05) is 44.2 Å². The molecule has 0 aliphatic heterocycles. The van der Waals surface area contributed by atoms with Gasteiger partial charge in [0, 0.05) is 30.4 Å². The number of aromatic nitrogens is 2. The molecule has 90 valence electrons. The number of rotatable bonds is 5. The molecule has 0 fully saturated rings. The third-order valence-corrected chi connectivity index (χ3v) is 3.00. The van der Waals surface area contributed by atoms with E-state index in [1.165, 1.54) is 5.56 Å². The standard InChI is InChI=1S/C14H19N3/c1-14(2,12-6-4-3-5-7-12)11-15-10-13-8-9-16-17-13/h3-9,15H,10-11H2,1-2H3,(H,16,17). The van der Waals surface area contributed by atoms with Crippen molar-refractivity contribution in [2.75, 3.05) is 6.54 Å². The molecule has 0 atom stereocenters. The van der Waals surface area contributed by atoms with Crippen molar-refractivity contribution in [2.24, 2.45) is 0 Å². The number of aromatic amines is 1. The lowest BCUT2D eigenvalue weighted by Crippen LogP contribution is -2.32. The van der Waals surface area contributed by atoms with Crippen LogP contribution >= 0.6 is 0 Å². The Balaban J connectivity index is 1.90. The van der Waals surface area contributed by atoms with E-state index in [4.69, 9.17) is 0 Å². The second kappa shape index (κ2) is 5.15. The average Bonchev–Trinajstić information content (AvgIpc) is 2.83. The first-order chi connectivity index (χ1) is 8.18. The predicted molar refractivity (Wildman–Crippen MR) is 69.8 cm³/mol. The maximum absolute atomic E-state index is 3.93. The molecule has 2 aromatic rings. The number of nitrogens with zero attached hydrogens (tertiary/aromatic N) is 1. The van der Waals surface area contributed by atoms with E-state index in [1.807, 2.05) is 6.07 Å². The summed E-state index contributed by atoms with van der Waals surface area (Å²) in [5.74, 6) is 0. The number of hydrogen-bond donors (Lipinski definition) is 2. The van der Waals surface area contributed by atoms with Crippen molar-refractivity contribution in [1.82, 2.24) is 15.5 Å². The zero-order valence-corrected chi connectivity index (χ0v) is 10.4. The van der Waals surface area contributed by atoms with Crippen molar-refractivity contribution in [3.8, 4) is 0 Å². The van der Waals surface area contributed by atoms with Gasteiger partial charge in [0.25, 0.3) is 0 Å². The van der Waals surface area contributed by atoms with Gasteiger partial charge in [-0.05, 0) is 11.6 Å². The first-order valence-corrected chi connectivity index (χ1v) is 5.93. The van der Waals surface area contributed by atoms with Crippen LogP contribution in [0.15, 0.2) is 42.6 Å². The highest BCUT2D eigenvalue weighted by molar-refractivity contribution is 5.23. The van der Waals surface area contributed by atoms with Crippen LogP contribution in [0.3, 0.4) is 0 Å². The molecule has 17 heavy (non-hydrogen) atoms. The lowest BCUT2D eigenvalue weighted by molar-refractivity contribution is 0.466. The molecule has 0 aliphatic carbocycles. The van der Waals surface area contributed by atoms with Gasteiger partial charge < -0.3 is 5.32 Å². The van der Waals surface area contributed by atoms with Gasteiger partial charge in [-0.25, -0.2) is 0 Å². The summed E-state index contributed by atoms with van der Waals surface area (Å²) in [4.78, 5) is 0. The van der Waals surface area contributed by atoms with Crippen LogP contribution in [0, 0.1) is 0 Å². The molecule has 3 nitrogen and oxygen atoms in total. The molecule has 0 saturated carbocycles. The molecular formula is C14H19N3. The summed E-state index contributed by atoms with van der Waals surface area (Å²) in [5.41, 5.74) is 2.62. The average molecular weight is 229 g/mol. The summed E-state index contributed by atoms with van der Waals surface area (Å²) in [6, 6.07) is 12.6. The zero-order chi connectivity index (χ0) is 12.1. The van der Waals surface area contributed by atoms with Crippen molar-refractivity contribution in [1.29, 1.82) is 0 Å². The molecular weight excluding hydrogens is 210 g/mol. The minimum atomic E-state index is 0.140. The molecule has 0 aliphatic rings. The monoisotopic (exact) mass is 229 g/mol. The first-order valence-electron chi connectivity index (χ1n) is 5.93. The molecule has 0 bridgehead atoms. The van der Waals surface area contributed by atoms with Crippen molar-refractivity contribution >= 4 is 0 Å². The van der Waals surface area contributed by atoms with Gasteiger partial charge in [0.2, 0.25) is 0 Å². The highest BCUT2D eigenvalue weighted by Gasteiger charge is 2.19. The Morgan fingerprint density at radius 2 is 1.94 bits per heavy atom. The molecule has 1 aromatic carbocycles. The van der Waals surface area contributed by atoms with Crippen LogP contribution in [-0.2, 0) is 12.0 Å². The molecule has 0 spiro atoms. The van der Waals surface area contributed by atoms with E-state index in [1.54, 1.807) is 6.20 Å². The first kappa shape index (κ1) is 11.9. The molecule has 3 heteroatoms. The van der Waals surface area contributed by atoms with E-state index in [0.29, 0.717) is 0 Å². The summed E-state index contributed by atoms with van der Waals surface area (Å²) >= 11 is 0. The Morgan fingerprint density at radius 3 is 2.59 bits per heavy atom. The van der Waals surface area contributed by atoms with E-state index < -0.39 is 0 Å². The molecule has 0 saturated heterocycles. The normalized spacial score (nSPS) is 11.6. The third kappa shape index (κ3) is 3.17. The van der Waals surface area contributed by atoms with Crippen LogP contribution in [0.1, 0.15) is 25.1 Å². The van der Waals surface area contributed by atoms with Crippen LogP contribution in [0.4, 0.5) is 0 Å². The molecule has 1 aromatic heterocycles. The Morgan fingerprint density at radius 1 is 1.18 bits per heavy atom. The quantitative estimate of drug-likeness (QED) is 0.827.